The first-order chi connectivity index (χ1) is 15.7. The third kappa shape index (κ3) is 4.42. The van der Waals surface area contributed by atoms with E-state index in [2.05, 4.69) is 15.1 Å². The van der Waals surface area contributed by atoms with Crippen molar-refractivity contribution in [3.63, 3.8) is 0 Å². The van der Waals surface area contributed by atoms with E-state index in [1.54, 1.807) is 13.2 Å². The van der Waals surface area contributed by atoms with E-state index in [0.29, 0.717) is 5.75 Å². The summed E-state index contributed by atoms with van der Waals surface area (Å²) in [5.74, 6) is -0.545. The van der Waals surface area contributed by atoms with Crippen LogP contribution in [-0.4, -0.2) is 32.8 Å². The normalized spacial score (nSPS) is 15.9. The lowest BCUT2D eigenvalue weighted by Crippen LogP contribution is -2.33. The molecule has 0 unspecified atom stereocenters. The first kappa shape index (κ1) is 22.8. The van der Waals surface area contributed by atoms with Crippen LogP contribution < -0.4 is 10.5 Å². The molecule has 0 aliphatic heterocycles. The van der Waals surface area contributed by atoms with Gasteiger partial charge in [-0.15, -0.1) is 0 Å². The van der Waals surface area contributed by atoms with Crippen LogP contribution in [0.15, 0.2) is 42.7 Å². The predicted octanol–water partition coefficient (Wildman–Crippen LogP) is 4.23. The Kier molecular flexibility index (Phi) is 6.09. The van der Waals surface area contributed by atoms with Crippen LogP contribution in [0, 0.1) is 0 Å². The van der Waals surface area contributed by atoms with Crippen LogP contribution in [0.4, 0.5) is 13.2 Å². The lowest BCUT2D eigenvalue weighted by molar-refractivity contribution is -0.141. The smallest absolute Gasteiger partial charge is 0.436 e. The van der Waals surface area contributed by atoms with Crippen molar-refractivity contribution in [2.75, 3.05) is 7.11 Å². The lowest BCUT2D eigenvalue weighted by Gasteiger charge is -2.38. The van der Waals surface area contributed by atoms with Crippen molar-refractivity contribution < 1.29 is 22.7 Å². The molecule has 0 saturated heterocycles. The summed E-state index contributed by atoms with van der Waals surface area (Å²) in [4.78, 5) is 20.5. The summed E-state index contributed by atoms with van der Waals surface area (Å²) in [7, 11) is 1.57. The molecule has 0 spiro atoms. The first-order valence-electron chi connectivity index (χ1n) is 10.7. The van der Waals surface area contributed by atoms with E-state index in [1.807, 2.05) is 24.3 Å². The standard InChI is InChI=1S/C23H24F3N5O2/c1-33-16-8-6-15(7-9-16)22(10-3-2-4-11-22)14-17-18(20(27)32)19(23(24,25)26)30-31(17)21-28-12-5-13-29-21/h5-9,12-13H,2-4,10-11,14H2,1H3,(H2,27,32). The second-order valence-electron chi connectivity index (χ2n) is 8.24. The largest absolute Gasteiger partial charge is 0.497 e. The number of carbonyl (C=O) groups is 1. The van der Waals surface area contributed by atoms with Gasteiger partial charge in [0.2, 0.25) is 0 Å². The van der Waals surface area contributed by atoms with Gasteiger partial charge in [-0.05, 0) is 36.6 Å². The van der Waals surface area contributed by atoms with Crippen molar-refractivity contribution >= 4 is 5.91 Å². The number of aromatic nitrogens is 4. The molecule has 2 heterocycles. The molecule has 1 aliphatic carbocycles. The van der Waals surface area contributed by atoms with Crippen LogP contribution in [0.1, 0.15) is 59.4 Å². The molecule has 2 aromatic heterocycles. The molecule has 3 aromatic rings. The van der Waals surface area contributed by atoms with Crippen molar-refractivity contribution in [2.45, 2.75) is 50.1 Å². The molecule has 4 rings (SSSR count). The molecule has 7 nitrogen and oxygen atoms in total. The maximum atomic E-state index is 13.9. The Morgan fingerprint density at radius 1 is 1.12 bits per heavy atom. The Labute approximate surface area is 188 Å². The Morgan fingerprint density at radius 3 is 2.30 bits per heavy atom. The van der Waals surface area contributed by atoms with Gasteiger partial charge in [-0.2, -0.15) is 18.3 Å². The number of primary amides is 1. The van der Waals surface area contributed by atoms with Crippen molar-refractivity contribution in [1.29, 1.82) is 0 Å². The van der Waals surface area contributed by atoms with Crippen LogP contribution in [0.5, 0.6) is 5.75 Å². The first-order valence-corrected chi connectivity index (χ1v) is 10.7. The van der Waals surface area contributed by atoms with E-state index < -0.39 is 28.8 Å². The Morgan fingerprint density at radius 2 is 1.76 bits per heavy atom. The number of rotatable bonds is 6. The average molecular weight is 459 g/mol. The van der Waals surface area contributed by atoms with Gasteiger partial charge in [0, 0.05) is 24.2 Å². The van der Waals surface area contributed by atoms with E-state index in [-0.39, 0.29) is 18.1 Å². The van der Waals surface area contributed by atoms with Crippen LogP contribution in [0.2, 0.25) is 0 Å². The molecule has 0 atom stereocenters. The minimum atomic E-state index is -4.86. The van der Waals surface area contributed by atoms with Gasteiger partial charge in [-0.3, -0.25) is 4.79 Å². The van der Waals surface area contributed by atoms with Gasteiger partial charge in [0.05, 0.1) is 18.4 Å². The highest BCUT2D eigenvalue weighted by molar-refractivity contribution is 5.95. The zero-order valence-corrected chi connectivity index (χ0v) is 18.1. The number of hydrogen-bond donors (Lipinski definition) is 1. The fourth-order valence-corrected chi connectivity index (χ4v) is 4.70. The predicted molar refractivity (Wildman–Crippen MR) is 114 cm³/mol. The number of amides is 1. The van der Waals surface area contributed by atoms with Gasteiger partial charge in [0.1, 0.15) is 5.75 Å². The number of nitrogens with two attached hydrogens (primary N) is 1. The molecule has 1 aliphatic rings. The SMILES string of the molecule is COc1ccc(C2(Cc3c(C(N)=O)c(C(F)(F)F)nn3-c3ncccn3)CCCCC2)cc1. The van der Waals surface area contributed by atoms with Crippen molar-refractivity contribution in [3.8, 4) is 11.7 Å². The highest BCUT2D eigenvalue weighted by Crippen LogP contribution is 2.44. The number of alkyl halides is 3. The average Bonchev–Trinajstić information content (AvgIpc) is 3.20. The fourth-order valence-electron chi connectivity index (χ4n) is 4.70. The topological polar surface area (TPSA) is 95.9 Å². The minimum Gasteiger partial charge on any atom is -0.497 e. The van der Waals surface area contributed by atoms with Gasteiger partial charge in [-0.1, -0.05) is 31.4 Å². The summed E-state index contributed by atoms with van der Waals surface area (Å²) in [6.07, 6.45) is 2.46. The molecule has 174 valence electrons. The summed E-state index contributed by atoms with van der Waals surface area (Å²) in [5, 5.41) is 3.74. The zero-order valence-electron chi connectivity index (χ0n) is 18.1. The number of ether oxygens (including phenoxy) is 1. The monoisotopic (exact) mass is 459 g/mol. The third-order valence-corrected chi connectivity index (χ3v) is 6.26. The second kappa shape index (κ2) is 8.84. The van der Waals surface area contributed by atoms with Crippen LogP contribution in [0.3, 0.4) is 0 Å². The maximum absolute atomic E-state index is 13.9. The molecular formula is C23H24F3N5O2. The zero-order chi connectivity index (χ0) is 23.6. The molecule has 10 heteroatoms. The molecule has 33 heavy (non-hydrogen) atoms. The molecule has 1 aromatic carbocycles. The molecule has 2 N–H and O–H groups in total. The van der Waals surface area contributed by atoms with Gasteiger partial charge in [-0.25, -0.2) is 14.6 Å². The van der Waals surface area contributed by atoms with Crippen LogP contribution in [0.25, 0.3) is 5.95 Å². The summed E-state index contributed by atoms with van der Waals surface area (Å²) in [5.41, 5.74) is 4.07. The molecule has 0 bridgehead atoms. The van der Waals surface area contributed by atoms with E-state index in [9.17, 15) is 18.0 Å². The highest BCUT2D eigenvalue weighted by Gasteiger charge is 2.44. The number of hydrogen-bond acceptors (Lipinski definition) is 5. The Bertz CT molecular complexity index is 1120. The number of halogens is 3. The summed E-state index contributed by atoms with van der Waals surface area (Å²) < 4.78 is 47.9. The number of nitrogens with zero attached hydrogens (tertiary/aromatic N) is 4. The molecule has 0 radical (unpaired) electrons. The minimum absolute atomic E-state index is 0.0498. The van der Waals surface area contributed by atoms with Crippen molar-refractivity contribution in [3.05, 3.63) is 65.2 Å². The van der Waals surface area contributed by atoms with Gasteiger partial charge in [0.25, 0.3) is 11.9 Å². The summed E-state index contributed by atoms with van der Waals surface area (Å²) in [6.45, 7) is 0. The third-order valence-electron chi connectivity index (χ3n) is 6.26. The van der Waals surface area contributed by atoms with Gasteiger partial charge < -0.3 is 10.5 Å². The molecule has 1 fully saturated rings. The number of methoxy groups -OCH3 is 1. The van der Waals surface area contributed by atoms with Crippen LogP contribution >= 0.6 is 0 Å². The number of benzene rings is 1. The van der Waals surface area contributed by atoms with Crippen molar-refractivity contribution in [2.24, 2.45) is 5.73 Å². The summed E-state index contributed by atoms with van der Waals surface area (Å²) >= 11 is 0. The molecule has 1 saturated carbocycles. The molecular weight excluding hydrogens is 435 g/mol. The van der Waals surface area contributed by atoms with E-state index in [0.717, 1.165) is 42.3 Å². The van der Waals surface area contributed by atoms with Gasteiger partial charge in [0.15, 0.2) is 5.69 Å². The number of carbonyl (C=O) groups excluding carboxylic acids is 1. The Hall–Kier alpha value is -3.43. The lowest BCUT2D eigenvalue weighted by atomic mass is 9.66. The Balaban J connectivity index is 1.91. The fraction of sp³-hybridized carbons (Fsp3) is 0.391. The highest BCUT2D eigenvalue weighted by atomic mass is 19.4. The quantitative estimate of drug-likeness (QED) is 0.595. The summed E-state index contributed by atoms with van der Waals surface area (Å²) in [6, 6.07) is 9.07. The molecule has 1 amide bonds. The second-order valence-corrected chi connectivity index (χ2v) is 8.24. The van der Waals surface area contributed by atoms with E-state index in [4.69, 9.17) is 10.5 Å². The van der Waals surface area contributed by atoms with Gasteiger partial charge >= 0.3 is 6.18 Å². The van der Waals surface area contributed by atoms with E-state index >= 15 is 0 Å². The van der Waals surface area contributed by atoms with E-state index in [1.165, 1.54) is 12.4 Å². The van der Waals surface area contributed by atoms with Crippen LogP contribution in [-0.2, 0) is 18.0 Å². The maximum Gasteiger partial charge on any atom is 0.436 e. The van der Waals surface area contributed by atoms with Crippen molar-refractivity contribution in [1.82, 2.24) is 19.7 Å².